The summed E-state index contributed by atoms with van der Waals surface area (Å²) in [5.41, 5.74) is 5.63. The van der Waals surface area contributed by atoms with Crippen LogP contribution >= 0.6 is 0 Å². The number of rotatable bonds is 5. The monoisotopic (exact) mass is 241 g/mol. The van der Waals surface area contributed by atoms with E-state index in [9.17, 15) is 0 Å². The molecule has 0 aliphatic carbocycles. The zero-order valence-corrected chi connectivity index (χ0v) is 10.3. The van der Waals surface area contributed by atoms with Crippen LogP contribution in [0.25, 0.3) is 0 Å². The van der Waals surface area contributed by atoms with Crippen molar-refractivity contribution in [1.82, 2.24) is 10.1 Å². The molecule has 0 amide bonds. The first kappa shape index (κ1) is 12.5. The molecule has 1 aromatic rings. The van der Waals surface area contributed by atoms with Crippen LogP contribution in [-0.2, 0) is 21.3 Å². The lowest BCUT2D eigenvalue weighted by molar-refractivity contribution is 0.149. The molecule has 2 unspecified atom stereocenters. The molecule has 2 N–H and O–H groups in total. The molecular weight excluding hydrogens is 222 g/mol. The molecule has 1 aromatic heterocycles. The number of ether oxygens (including phenoxy) is 2. The second-order valence-electron chi connectivity index (χ2n) is 4.50. The van der Waals surface area contributed by atoms with E-state index in [0.29, 0.717) is 44.6 Å². The Hall–Kier alpha value is -0.980. The van der Waals surface area contributed by atoms with Crippen LogP contribution in [0.5, 0.6) is 0 Å². The molecule has 1 fully saturated rings. The van der Waals surface area contributed by atoms with Crippen molar-refractivity contribution in [2.24, 2.45) is 5.73 Å². The SMILES string of the molecule is CCOCCc1noc(C2(C)COCC2N)n1. The Morgan fingerprint density at radius 2 is 2.41 bits per heavy atom. The van der Waals surface area contributed by atoms with Gasteiger partial charge in [-0.2, -0.15) is 4.98 Å². The third-order valence-electron chi connectivity index (χ3n) is 3.15. The van der Waals surface area contributed by atoms with Gasteiger partial charge in [-0.1, -0.05) is 5.16 Å². The lowest BCUT2D eigenvalue weighted by Crippen LogP contribution is -2.42. The van der Waals surface area contributed by atoms with E-state index in [2.05, 4.69) is 10.1 Å². The molecule has 6 nitrogen and oxygen atoms in total. The van der Waals surface area contributed by atoms with Crippen molar-refractivity contribution in [3.05, 3.63) is 11.7 Å². The van der Waals surface area contributed by atoms with Gasteiger partial charge in [0, 0.05) is 19.1 Å². The van der Waals surface area contributed by atoms with E-state index >= 15 is 0 Å². The Bertz CT molecular complexity index is 369. The summed E-state index contributed by atoms with van der Waals surface area (Å²) in [6, 6.07) is -0.0947. The highest BCUT2D eigenvalue weighted by molar-refractivity contribution is 5.11. The minimum Gasteiger partial charge on any atom is -0.381 e. The summed E-state index contributed by atoms with van der Waals surface area (Å²) in [6.07, 6.45) is 0.656. The molecule has 0 bridgehead atoms. The van der Waals surface area contributed by atoms with Crippen molar-refractivity contribution >= 4 is 0 Å². The van der Waals surface area contributed by atoms with Gasteiger partial charge in [0.15, 0.2) is 5.82 Å². The van der Waals surface area contributed by atoms with Gasteiger partial charge in [-0.25, -0.2) is 0 Å². The van der Waals surface area contributed by atoms with Gasteiger partial charge in [0.2, 0.25) is 5.89 Å². The maximum Gasteiger partial charge on any atom is 0.236 e. The van der Waals surface area contributed by atoms with Crippen LogP contribution in [0.15, 0.2) is 4.52 Å². The van der Waals surface area contributed by atoms with Gasteiger partial charge < -0.3 is 19.7 Å². The van der Waals surface area contributed by atoms with E-state index < -0.39 is 0 Å². The average molecular weight is 241 g/mol. The Balaban J connectivity index is 2.02. The lowest BCUT2D eigenvalue weighted by Gasteiger charge is -2.21. The first-order valence-corrected chi connectivity index (χ1v) is 5.91. The van der Waals surface area contributed by atoms with Crippen LogP contribution in [0.2, 0.25) is 0 Å². The molecule has 0 radical (unpaired) electrons. The number of aromatic nitrogens is 2. The van der Waals surface area contributed by atoms with Gasteiger partial charge in [-0.15, -0.1) is 0 Å². The summed E-state index contributed by atoms with van der Waals surface area (Å²) < 4.78 is 15.9. The molecule has 0 saturated carbocycles. The average Bonchev–Trinajstić information content (AvgIpc) is 2.89. The van der Waals surface area contributed by atoms with E-state index in [1.807, 2.05) is 13.8 Å². The molecule has 2 heterocycles. The molecule has 96 valence electrons. The van der Waals surface area contributed by atoms with Gasteiger partial charge in [-0.3, -0.25) is 0 Å². The van der Waals surface area contributed by atoms with Crippen molar-refractivity contribution < 1.29 is 14.0 Å². The molecule has 1 aliphatic rings. The van der Waals surface area contributed by atoms with Gasteiger partial charge in [0.1, 0.15) is 0 Å². The van der Waals surface area contributed by atoms with E-state index in [1.165, 1.54) is 0 Å². The molecule has 1 saturated heterocycles. The highest BCUT2D eigenvalue weighted by Crippen LogP contribution is 2.30. The van der Waals surface area contributed by atoms with Crippen molar-refractivity contribution in [3.8, 4) is 0 Å². The number of nitrogens with zero attached hydrogens (tertiary/aromatic N) is 2. The standard InChI is InChI=1S/C11H19N3O3/c1-3-15-5-4-9-13-10(17-14-9)11(2)7-16-6-8(11)12/h8H,3-7,12H2,1-2H3. The second kappa shape index (κ2) is 5.12. The third kappa shape index (κ3) is 2.48. The minimum absolute atomic E-state index is 0.0947. The molecule has 1 aliphatic heterocycles. The topological polar surface area (TPSA) is 83.4 Å². The van der Waals surface area contributed by atoms with E-state index in [4.69, 9.17) is 19.7 Å². The largest absolute Gasteiger partial charge is 0.381 e. The van der Waals surface area contributed by atoms with Gasteiger partial charge in [0.05, 0.1) is 25.2 Å². The first-order chi connectivity index (χ1) is 8.16. The highest BCUT2D eigenvalue weighted by atomic mass is 16.5. The summed E-state index contributed by atoms with van der Waals surface area (Å²) in [5, 5.41) is 3.94. The van der Waals surface area contributed by atoms with Crippen LogP contribution in [0.1, 0.15) is 25.6 Å². The summed E-state index contributed by atoms with van der Waals surface area (Å²) >= 11 is 0. The number of nitrogens with two attached hydrogens (primary N) is 1. The fraction of sp³-hybridized carbons (Fsp3) is 0.818. The molecule has 6 heteroatoms. The molecule has 0 spiro atoms. The predicted octanol–water partition coefficient (Wildman–Crippen LogP) is 0.264. The summed E-state index contributed by atoms with van der Waals surface area (Å²) in [4.78, 5) is 4.37. The van der Waals surface area contributed by atoms with Crippen LogP contribution in [0.3, 0.4) is 0 Å². The van der Waals surface area contributed by atoms with E-state index in [0.717, 1.165) is 0 Å². The Morgan fingerprint density at radius 3 is 3.06 bits per heavy atom. The fourth-order valence-electron chi connectivity index (χ4n) is 1.80. The van der Waals surface area contributed by atoms with Crippen LogP contribution in [0.4, 0.5) is 0 Å². The van der Waals surface area contributed by atoms with Crippen LogP contribution in [-0.4, -0.2) is 42.6 Å². The summed E-state index contributed by atoms with van der Waals surface area (Å²) in [7, 11) is 0. The molecule has 17 heavy (non-hydrogen) atoms. The lowest BCUT2D eigenvalue weighted by atomic mass is 9.86. The fourth-order valence-corrected chi connectivity index (χ4v) is 1.80. The molecule has 2 atom stereocenters. The second-order valence-corrected chi connectivity index (χ2v) is 4.50. The normalized spacial score (nSPS) is 28.8. The highest BCUT2D eigenvalue weighted by Gasteiger charge is 2.44. The smallest absolute Gasteiger partial charge is 0.236 e. The van der Waals surface area contributed by atoms with Crippen molar-refractivity contribution in [1.29, 1.82) is 0 Å². The number of hydrogen-bond donors (Lipinski definition) is 1. The van der Waals surface area contributed by atoms with Gasteiger partial charge in [-0.05, 0) is 13.8 Å². The Labute approximate surface area is 100 Å². The van der Waals surface area contributed by atoms with Crippen molar-refractivity contribution in [2.45, 2.75) is 31.7 Å². The van der Waals surface area contributed by atoms with Crippen LogP contribution in [0, 0.1) is 0 Å². The van der Waals surface area contributed by atoms with E-state index in [1.54, 1.807) is 0 Å². The van der Waals surface area contributed by atoms with Crippen molar-refractivity contribution in [3.63, 3.8) is 0 Å². The van der Waals surface area contributed by atoms with Crippen LogP contribution < -0.4 is 5.73 Å². The Kier molecular flexibility index (Phi) is 3.76. The quantitative estimate of drug-likeness (QED) is 0.745. The summed E-state index contributed by atoms with van der Waals surface area (Å²) in [6.45, 7) is 6.31. The third-order valence-corrected chi connectivity index (χ3v) is 3.15. The Morgan fingerprint density at radius 1 is 1.59 bits per heavy atom. The maximum atomic E-state index is 6.00. The minimum atomic E-state index is -0.364. The zero-order valence-electron chi connectivity index (χ0n) is 10.3. The summed E-state index contributed by atoms with van der Waals surface area (Å²) in [5.74, 6) is 1.22. The zero-order chi connectivity index (χ0) is 12.3. The predicted molar refractivity (Wildman–Crippen MR) is 60.6 cm³/mol. The first-order valence-electron chi connectivity index (χ1n) is 5.91. The molecular formula is C11H19N3O3. The molecule has 0 aromatic carbocycles. The van der Waals surface area contributed by atoms with Crippen molar-refractivity contribution in [2.75, 3.05) is 26.4 Å². The van der Waals surface area contributed by atoms with Gasteiger partial charge >= 0.3 is 0 Å². The number of hydrogen-bond acceptors (Lipinski definition) is 6. The molecule has 2 rings (SSSR count). The van der Waals surface area contributed by atoms with Gasteiger partial charge in [0.25, 0.3) is 0 Å². The maximum absolute atomic E-state index is 6.00. The van der Waals surface area contributed by atoms with E-state index in [-0.39, 0.29) is 11.5 Å².